The van der Waals surface area contributed by atoms with Gasteiger partial charge in [-0.1, -0.05) is 30.3 Å². The van der Waals surface area contributed by atoms with Gasteiger partial charge in [-0.3, -0.25) is 0 Å². The maximum atomic E-state index is 13.1. The van der Waals surface area contributed by atoms with Crippen LogP contribution in [0.25, 0.3) is 11.1 Å². The van der Waals surface area contributed by atoms with Gasteiger partial charge in [0.1, 0.15) is 5.82 Å². The molecule has 2 aromatic rings. The van der Waals surface area contributed by atoms with Crippen molar-refractivity contribution in [2.75, 3.05) is 0 Å². The van der Waals surface area contributed by atoms with Crippen LogP contribution in [0.3, 0.4) is 0 Å². The lowest BCUT2D eigenvalue weighted by atomic mass is 10.0. The van der Waals surface area contributed by atoms with Crippen molar-refractivity contribution in [3.05, 3.63) is 59.4 Å². The van der Waals surface area contributed by atoms with E-state index in [0.29, 0.717) is 5.56 Å². The standard InChI is InChI=1S/C14H13FN2/c1-10-8-13(6-7-14(10)15)12-4-2-11(3-5-12)9-17-16/h2-9H,16H2,1H3. The summed E-state index contributed by atoms with van der Waals surface area (Å²) in [5.41, 5.74) is 3.63. The highest BCUT2D eigenvalue weighted by atomic mass is 19.1. The van der Waals surface area contributed by atoms with E-state index in [-0.39, 0.29) is 5.82 Å². The molecule has 0 spiro atoms. The van der Waals surface area contributed by atoms with Crippen LogP contribution in [0.15, 0.2) is 47.6 Å². The number of rotatable bonds is 2. The van der Waals surface area contributed by atoms with Crippen LogP contribution in [0.4, 0.5) is 4.39 Å². The Morgan fingerprint density at radius 3 is 2.29 bits per heavy atom. The van der Waals surface area contributed by atoms with E-state index in [2.05, 4.69) is 5.10 Å². The summed E-state index contributed by atoms with van der Waals surface area (Å²) in [6.45, 7) is 1.76. The first-order valence-corrected chi connectivity index (χ1v) is 5.30. The van der Waals surface area contributed by atoms with Crippen molar-refractivity contribution in [1.29, 1.82) is 0 Å². The summed E-state index contributed by atoms with van der Waals surface area (Å²) in [4.78, 5) is 0. The van der Waals surface area contributed by atoms with Gasteiger partial charge in [0, 0.05) is 0 Å². The highest BCUT2D eigenvalue weighted by molar-refractivity contribution is 5.80. The van der Waals surface area contributed by atoms with Crippen LogP contribution in [0, 0.1) is 12.7 Å². The molecule has 0 heterocycles. The van der Waals surface area contributed by atoms with Crippen LogP contribution in [-0.4, -0.2) is 6.21 Å². The van der Waals surface area contributed by atoms with Crippen molar-refractivity contribution < 1.29 is 4.39 Å². The van der Waals surface area contributed by atoms with E-state index in [1.807, 2.05) is 30.3 Å². The second-order valence-corrected chi connectivity index (χ2v) is 3.86. The van der Waals surface area contributed by atoms with E-state index in [9.17, 15) is 4.39 Å². The molecule has 0 amide bonds. The van der Waals surface area contributed by atoms with E-state index < -0.39 is 0 Å². The van der Waals surface area contributed by atoms with Gasteiger partial charge in [-0.2, -0.15) is 5.10 Å². The quantitative estimate of drug-likeness (QED) is 0.479. The lowest BCUT2D eigenvalue weighted by molar-refractivity contribution is 0.619. The van der Waals surface area contributed by atoms with Gasteiger partial charge >= 0.3 is 0 Å². The topological polar surface area (TPSA) is 38.4 Å². The number of halogens is 1. The van der Waals surface area contributed by atoms with Gasteiger partial charge in [0.25, 0.3) is 0 Å². The Kier molecular flexibility index (Phi) is 3.19. The number of benzene rings is 2. The number of nitrogens with zero attached hydrogens (tertiary/aromatic N) is 1. The highest BCUT2D eigenvalue weighted by Crippen LogP contribution is 2.21. The Hall–Kier alpha value is -2.16. The van der Waals surface area contributed by atoms with E-state index >= 15 is 0 Å². The molecule has 0 radical (unpaired) electrons. The minimum atomic E-state index is -0.180. The average molecular weight is 228 g/mol. The number of nitrogens with two attached hydrogens (primary N) is 1. The zero-order valence-corrected chi connectivity index (χ0v) is 9.52. The van der Waals surface area contributed by atoms with Gasteiger partial charge in [0.2, 0.25) is 0 Å². The fourth-order valence-corrected chi connectivity index (χ4v) is 1.67. The molecule has 17 heavy (non-hydrogen) atoms. The molecule has 0 bridgehead atoms. The van der Waals surface area contributed by atoms with E-state index in [1.165, 1.54) is 6.07 Å². The molecule has 2 rings (SSSR count). The van der Waals surface area contributed by atoms with E-state index in [0.717, 1.165) is 16.7 Å². The Labute approximate surface area is 99.6 Å². The molecule has 86 valence electrons. The largest absolute Gasteiger partial charge is 0.323 e. The van der Waals surface area contributed by atoms with Gasteiger partial charge in [0.05, 0.1) is 6.21 Å². The normalized spacial score (nSPS) is 10.9. The Morgan fingerprint density at radius 1 is 1.06 bits per heavy atom. The van der Waals surface area contributed by atoms with Crippen LogP contribution >= 0.6 is 0 Å². The molecule has 0 aliphatic carbocycles. The number of aryl methyl sites for hydroxylation is 1. The van der Waals surface area contributed by atoms with E-state index in [4.69, 9.17) is 5.84 Å². The molecular formula is C14H13FN2. The van der Waals surface area contributed by atoms with Gasteiger partial charge in [-0.05, 0) is 41.3 Å². The third-order valence-electron chi connectivity index (χ3n) is 2.63. The smallest absolute Gasteiger partial charge is 0.126 e. The van der Waals surface area contributed by atoms with Crippen molar-refractivity contribution in [2.24, 2.45) is 10.9 Å². The van der Waals surface area contributed by atoms with Crippen molar-refractivity contribution >= 4 is 6.21 Å². The van der Waals surface area contributed by atoms with Crippen LogP contribution in [0.2, 0.25) is 0 Å². The molecule has 0 saturated heterocycles. The van der Waals surface area contributed by atoms with Crippen molar-refractivity contribution in [1.82, 2.24) is 0 Å². The summed E-state index contributed by atoms with van der Waals surface area (Å²) in [5, 5.41) is 3.46. The zero-order chi connectivity index (χ0) is 12.3. The third-order valence-corrected chi connectivity index (χ3v) is 2.63. The number of hydrogen-bond donors (Lipinski definition) is 1. The lowest BCUT2D eigenvalue weighted by Crippen LogP contribution is -1.87. The second-order valence-electron chi connectivity index (χ2n) is 3.86. The second kappa shape index (κ2) is 4.78. The predicted molar refractivity (Wildman–Crippen MR) is 68.4 cm³/mol. The van der Waals surface area contributed by atoms with Gasteiger partial charge in [-0.15, -0.1) is 0 Å². The molecule has 2 nitrogen and oxygen atoms in total. The summed E-state index contributed by atoms with van der Waals surface area (Å²) in [6, 6.07) is 12.9. The van der Waals surface area contributed by atoms with Crippen LogP contribution in [-0.2, 0) is 0 Å². The average Bonchev–Trinajstić information content (AvgIpc) is 2.34. The summed E-state index contributed by atoms with van der Waals surface area (Å²) in [7, 11) is 0. The first-order valence-electron chi connectivity index (χ1n) is 5.30. The van der Waals surface area contributed by atoms with Crippen LogP contribution in [0.1, 0.15) is 11.1 Å². The predicted octanol–water partition coefficient (Wildman–Crippen LogP) is 3.09. The third kappa shape index (κ3) is 2.50. The van der Waals surface area contributed by atoms with Crippen molar-refractivity contribution in [3.63, 3.8) is 0 Å². The first-order chi connectivity index (χ1) is 8.20. The Balaban J connectivity index is 2.36. The summed E-state index contributed by atoms with van der Waals surface area (Å²) < 4.78 is 13.1. The minimum Gasteiger partial charge on any atom is -0.323 e. The minimum absolute atomic E-state index is 0.180. The zero-order valence-electron chi connectivity index (χ0n) is 9.52. The van der Waals surface area contributed by atoms with E-state index in [1.54, 1.807) is 19.2 Å². The molecule has 0 aromatic heterocycles. The molecule has 2 aromatic carbocycles. The fourth-order valence-electron chi connectivity index (χ4n) is 1.67. The molecule has 0 aliphatic rings. The summed E-state index contributed by atoms with van der Waals surface area (Å²) >= 11 is 0. The molecule has 0 saturated carbocycles. The SMILES string of the molecule is Cc1cc(-c2ccc(C=NN)cc2)ccc1F. The van der Waals surface area contributed by atoms with Crippen LogP contribution < -0.4 is 5.84 Å². The van der Waals surface area contributed by atoms with Gasteiger partial charge in [-0.25, -0.2) is 4.39 Å². The molecular weight excluding hydrogens is 215 g/mol. The number of hydrazone groups is 1. The maximum Gasteiger partial charge on any atom is 0.126 e. The van der Waals surface area contributed by atoms with Gasteiger partial charge in [0.15, 0.2) is 0 Å². The first kappa shape index (κ1) is 11.3. The summed E-state index contributed by atoms with van der Waals surface area (Å²) in [6.07, 6.45) is 1.58. The molecule has 0 fully saturated rings. The highest BCUT2D eigenvalue weighted by Gasteiger charge is 2.01. The van der Waals surface area contributed by atoms with Crippen molar-refractivity contribution in [3.8, 4) is 11.1 Å². The van der Waals surface area contributed by atoms with Crippen molar-refractivity contribution in [2.45, 2.75) is 6.92 Å². The molecule has 0 atom stereocenters. The molecule has 0 unspecified atom stereocenters. The number of hydrogen-bond acceptors (Lipinski definition) is 2. The summed E-state index contributed by atoms with van der Waals surface area (Å²) in [5.74, 6) is 4.89. The molecule has 3 heteroatoms. The molecule has 2 N–H and O–H groups in total. The fraction of sp³-hybridized carbons (Fsp3) is 0.0714. The Bertz CT molecular complexity index is 545. The molecule has 0 aliphatic heterocycles. The maximum absolute atomic E-state index is 13.1. The lowest BCUT2D eigenvalue weighted by Gasteiger charge is -2.04. The van der Waals surface area contributed by atoms with Crippen LogP contribution in [0.5, 0.6) is 0 Å². The Morgan fingerprint density at radius 2 is 1.71 bits per heavy atom. The van der Waals surface area contributed by atoms with Gasteiger partial charge < -0.3 is 5.84 Å². The monoisotopic (exact) mass is 228 g/mol.